The third-order valence-electron chi connectivity index (χ3n) is 1.34. The zero-order valence-electron chi connectivity index (χ0n) is 6.92. The molecule has 0 aliphatic carbocycles. The second-order valence-corrected chi connectivity index (χ2v) is 4.44. The van der Waals surface area contributed by atoms with Gasteiger partial charge in [0.2, 0.25) is 0 Å². The number of rotatable bonds is 3. The third kappa shape index (κ3) is 2.86. The number of thiophene rings is 1. The van der Waals surface area contributed by atoms with E-state index in [1.807, 2.05) is 0 Å². The summed E-state index contributed by atoms with van der Waals surface area (Å²) in [5.74, 6) is -0.428. The van der Waals surface area contributed by atoms with Gasteiger partial charge >= 0.3 is 5.97 Å². The first-order valence-corrected chi connectivity index (χ1v) is 5.34. The Bertz CT molecular complexity index is 298. The summed E-state index contributed by atoms with van der Waals surface area (Å²) in [5.41, 5.74) is 0. The fourth-order valence-corrected chi connectivity index (χ4v) is 2.09. The standard InChI is InChI=1S/C8H8Cl2O2S/c1-2-12-8(11)7(10)5-3-4-6(9)13-5/h3-4,7H,2H2,1H3. The largest absolute Gasteiger partial charge is 0.465 e. The zero-order chi connectivity index (χ0) is 9.84. The van der Waals surface area contributed by atoms with E-state index in [4.69, 9.17) is 27.9 Å². The molecule has 0 amide bonds. The monoisotopic (exact) mass is 238 g/mol. The van der Waals surface area contributed by atoms with Gasteiger partial charge < -0.3 is 4.74 Å². The highest BCUT2D eigenvalue weighted by molar-refractivity contribution is 7.16. The quantitative estimate of drug-likeness (QED) is 0.597. The van der Waals surface area contributed by atoms with E-state index in [1.54, 1.807) is 19.1 Å². The van der Waals surface area contributed by atoms with Crippen LogP contribution in [0.25, 0.3) is 0 Å². The molecule has 0 aliphatic heterocycles. The van der Waals surface area contributed by atoms with Gasteiger partial charge in [-0.3, -0.25) is 4.79 Å². The molecule has 13 heavy (non-hydrogen) atoms. The maximum absolute atomic E-state index is 11.2. The first-order chi connectivity index (χ1) is 6.15. The fourth-order valence-electron chi connectivity index (χ4n) is 0.796. The Hall–Kier alpha value is -0.250. The molecule has 0 radical (unpaired) electrons. The number of alkyl halides is 1. The molecular formula is C8H8Cl2O2S. The smallest absolute Gasteiger partial charge is 0.329 e. The number of esters is 1. The van der Waals surface area contributed by atoms with E-state index in [2.05, 4.69) is 0 Å². The van der Waals surface area contributed by atoms with Gasteiger partial charge in [0.1, 0.15) is 0 Å². The molecule has 0 bridgehead atoms. The van der Waals surface area contributed by atoms with Crippen molar-refractivity contribution in [3.05, 3.63) is 21.3 Å². The second kappa shape index (κ2) is 4.84. The van der Waals surface area contributed by atoms with Gasteiger partial charge in [-0.2, -0.15) is 0 Å². The molecule has 72 valence electrons. The van der Waals surface area contributed by atoms with Crippen LogP contribution in [0.2, 0.25) is 4.34 Å². The first-order valence-electron chi connectivity index (χ1n) is 3.71. The molecule has 0 fully saturated rings. The van der Waals surface area contributed by atoms with Crippen LogP contribution in [0.5, 0.6) is 0 Å². The van der Waals surface area contributed by atoms with Gasteiger partial charge in [-0.15, -0.1) is 22.9 Å². The van der Waals surface area contributed by atoms with Crippen LogP contribution in [-0.2, 0) is 9.53 Å². The molecular weight excluding hydrogens is 231 g/mol. The molecule has 0 N–H and O–H groups in total. The van der Waals surface area contributed by atoms with Crippen molar-refractivity contribution >= 4 is 40.5 Å². The van der Waals surface area contributed by atoms with E-state index >= 15 is 0 Å². The first kappa shape index (κ1) is 10.8. The summed E-state index contributed by atoms with van der Waals surface area (Å²) in [6, 6.07) is 3.43. The molecule has 0 spiro atoms. The minimum atomic E-state index is -0.738. The lowest BCUT2D eigenvalue weighted by Crippen LogP contribution is -2.09. The highest BCUT2D eigenvalue weighted by Gasteiger charge is 2.20. The zero-order valence-corrected chi connectivity index (χ0v) is 9.25. The molecule has 1 aromatic heterocycles. The van der Waals surface area contributed by atoms with Crippen molar-refractivity contribution in [3.63, 3.8) is 0 Å². The molecule has 5 heteroatoms. The van der Waals surface area contributed by atoms with Crippen molar-refractivity contribution in [3.8, 4) is 0 Å². The van der Waals surface area contributed by atoms with Crippen LogP contribution in [-0.4, -0.2) is 12.6 Å². The van der Waals surface area contributed by atoms with Crippen molar-refractivity contribution < 1.29 is 9.53 Å². The van der Waals surface area contributed by atoms with Crippen molar-refractivity contribution in [2.45, 2.75) is 12.3 Å². The van der Waals surface area contributed by atoms with E-state index in [0.717, 1.165) is 0 Å². The van der Waals surface area contributed by atoms with Gasteiger partial charge in [0.15, 0.2) is 5.38 Å². The Morgan fingerprint density at radius 1 is 1.69 bits per heavy atom. The molecule has 0 saturated carbocycles. The van der Waals surface area contributed by atoms with Gasteiger partial charge in [-0.1, -0.05) is 11.6 Å². The molecule has 1 unspecified atom stereocenters. The summed E-state index contributed by atoms with van der Waals surface area (Å²) in [6.45, 7) is 2.07. The number of halogens is 2. The Labute approximate surface area is 90.4 Å². The Morgan fingerprint density at radius 2 is 2.38 bits per heavy atom. The Balaban J connectivity index is 2.67. The fraction of sp³-hybridized carbons (Fsp3) is 0.375. The number of carbonyl (C=O) groups is 1. The van der Waals surface area contributed by atoms with Crippen molar-refractivity contribution in [1.29, 1.82) is 0 Å². The van der Waals surface area contributed by atoms with Gasteiger partial charge in [0.05, 0.1) is 10.9 Å². The SMILES string of the molecule is CCOC(=O)C(Cl)c1ccc(Cl)s1. The molecule has 0 aromatic carbocycles. The molecule has 2 nitrogen and oxygen atoms in total. The maximum Gasteiger partial charge on any atom is 0.329 e. The van der Waals surface area contributed by atoms with Crippen molar-refractivity contribution in [2.24, 2.45) is 0 Å². The van der Waals surface area contributed by atoms with Crippen LogP contribution in [0.3, 0.4) is 0 Å². The molecule has 0 aliphatic rings. The van der Waals surface area contributed by atoms with Crippen LogP contribution in [0.15, 0.2) is 12.1 Å². The van der Waals surface area contributed by atoms with Gasteiger partial charge in [0.25, 0.3) is 0 Å². The predicted molar refractivity (Wildman–Crippen MR) is 54.6 cm³/mol. The van der Waals surface area contributed by atoms with Crippen LogP contribution in [0.1, 0.15) is 17.2 Å². The summed E-state index contributed by atoms with van der Waals surface area (Å²) in [7, 11) is 0. The van der Waals surface area contributed by atoms with Gasteiger partial charge in [-0.05, 0) is 19.1 Å². The van der Waals surface area contributed by atoms with E-state index in [-0.39, 0.29) is 0 Å². The number of carbonyl (C=O) groups excluding carboxylic acids is 1. The summed E-state index contributed by atoms with van der Waals surface area (Å²) in [5, 5.41) is -0.738. The summed E-state index contributed by atoms with van der Waals surface area (Å²) in [6.07, 6.45) is 0. The lowest BCUT2D eigenvalue weighted by molar-refractivity contribution is -0.142. The van der Waals surface area contributed by atoms with E-state index in [0.29, 0.717) is 15.8 Å². The topological polar surface area (TPSA) is 26.3 Å². The van der Waals surface area contributed by atoms with Gasteiger partial charge in [-0.25, -0.2) is 0 Å². The van der Waals surface area contributed by atoms with Crippen molar-refractivity contribution in [1.82, 2.24) is 0 Å². The van der Waals surface area contributed by atoms with Crippen LogP contribution in [0.4, 0.5) is 0 Å². The third-order valence-corrected chi connectivity index (χ3v) is 3.18. The highest BCUT2D eigenvalue weighted by atomic mass is 35.5. The lowest BCUT2D eigenvalue weighted by atomic mass is 10.3. The minimum absolute atomic E-state index is 0.334. The van der Waals surface area contributed by atoms with E-state index in [9.17, 15) is 4.79 Å². The number of hydrogen-bond donors (Lipinski definition) is 0. The average Bonchev–Trinajstić information content (AvgIpc) is 2.51. The molecule has 0 saturated heterocycles. The summed E-state index contributed by atoms with van der Waals surface area (Å²) >= 11 is 12.8. The normalized spacial score (nSPS) is 12.5. The van der Waals surface area contributed by atoms with E-state index < -0.39 is 11.3 Å². The molecule has 1 heterocycles. The average molecular weight is 239 g/mol. The van der Waals surface area contributed by atoms with Crippen LogP contribution in [0, 0.1) is 0 Å². The Morgan fingerprint density at radius 3 is 2.85 bits per heavy atom. The molecule has 1 rings (SSSR count). The van der Waals surface area contributed by atoms with Crippen LogP contribution >= 0.6 is 34.5 Å². The van der Waals surface area contributed by atoms with Crippen molar-refractivity contribution in [2.75, 3.05) is 6.61 Å². The lowest BCUT2D eigenvalue weighted by Gasteiger charge is -2.05. The minimum Gasteiger partial charge on any atom is -0.465 e. The van der Waals surface area contributed by atoms with E-state index in [1.165, 1.54) is 11.3 Å². The highest BCUT2D eigenvalue weighted by Crippen LogP contribution is 2.31. The Kier molecular flexibility index (Phi) is 4.03. The number of hydrogen-bond acceptors (Lipinski definition) is 3. The maximum atomic E-state index is 11.2. The molecule has 1 aromatic rings. The van der Waals surface area contributed by atoms with Crippen LogP contribution < -0.4 is 0 Å². The molecule has 1 atom stereocenters. The van der Waals surface area contributed by atoms with Gasteiger partial charge in [0, 0.05) is 4.88 Å². The number of ether oxygens (including phenoxy) is 1. The summed E-state index contributed by atoms with van der Waals surface area (Å²) in [4.78, 5) is 11.9. The second-order valence-electron chi connectivity index (χ2n) is 2.26. The summed E-state index contributed by atoms with van der Waals surface area (Å²) < 4.78 is 5.38. The predicted octanol–water partition coefficient (Wildman–Crippen LogP) is 3.24.